The van der Waals surface area contributed by atoms with E-state index in [2.05, 4.69) is 169 Å². The van der Waals surface area contributed by atoms with Crippen LogP contribution in [0.4, 0.5) is 11.4 Å². The van der Waals surface area contributed by atoms with Gasteiger partial charge in [-0.15, -0.1) is 0 Å². The van der Waals surface area contributed by atoms with Gasteiger partial charge in [0.1, 0.15) is 6.17 Å². The lowest BCUT2D eigenvalue weighted by molar-refractivity contribution is 0.702. The molecule has 0 aliphatic carbocycles. The number of hydrogen-bond donors (Lipinski definition) is 0. The Morgan fingerprint density at radius 3 is 1.13 bits per heavy atom. The first-order valence-electron chi connectivity index (χ1n) is 16.8. The molecule has 1 aliphatic rings. The van der Waals surface area contributed by atoms with Crippen molar-refractivity contribution < 1.29 is 0 Å². The summed E-state index contributed by atoms with van der Waals surface area (Å²) in [5, 5.41) is 7.97. The van der Waals surface area contributed by atoms with Crippen molar-refractivity contribution in [2.24, 2.45) is 0 Å². The summed E-state index contributed by atoms with van der Waals surface area (Å²) in [7, 11) is 0. The summed E-state index contributed by atoms with van der Waals surface area (Å²) < 4.78 is 0. The van der Waals surface area contributed by atoms with Crippen molar-refractivity contribution in [3.63, 3.8) is 0 Å². The first-order chi connectivity index (χ1) is 21.7. The normalized spacial score (nSPS) is 14.3. The molecule has 6 aromatic rings. The van der Waals surface area contributed by atoms with Gasteiger partial charge in [-0.2, -0.15) is 0 Å². The fourth-order valence-corrected chi connectivity index (χ4v) is 7.70. The summed E-state index contributed by atoms with van der Waals surface area (Å²) in [4.78, 5) is 5.16. The maximum atomic E-state index is 2.58. The molecule has 0 radical (unpaired) electrons. The van der Waals surface area contributed by atoms with Crippen molar-refractivity contribution in [3.05, 3.63) is 131 Å². The zero-order valence-corrected chi connectivity index (χ0v) is 28.1. The predicted octanol–water partition coefficient (Wildman–Crippen LogP) is 12.6. The summed E-state index contributed by atoms with van der Waals surface area (Å²) in [5.41, 5.74) is 9.61. The minimum Gasteiger partial charge on any atom is -0.321 e. The highest BCUT2D eigenvalue weighted by Gasteiger charge is 2.36. The topological polar surface area (TPSA) is 6.48 Å². The molecule has 0 saturated carbocycles. The van der Waals surface area contributed by atoms with E-state index in [9.17, 15) is 0 Å². The molecule has 0 spiro atoms. The van der Waals surface area contributed by atoms with E-state index in [4.69, 9.17) is 0 Å². The Morgan fingerprint density at radius 1 is 0.422 bits per heavy atom. The molecule has 2 nitrogen and oxygen atoms in total. The highest BCUT2D eigenvalue weighted by atomic mass is 15.4. The second-order valence-electron chi connectivity index (χ2n) is 14.2. The smallest absolute Gasteiger partial charge is 0.136 e. The monoisotopic (exact) mass is 590 g/mol. The summed E-state index contributed by atoms with van der Waals surface area (Å²) >= 11 is 0. The Balaban J connectivity index is 1.53. The third-order valence-corrected chi connectivity index (χ3v) is 9.90. The van der Waals surface area contributed by atoms with Crippen LogP contribution in [0, 0.1) is 0 Å². The lowest BCUT2D eigenvalue weighted by Crippen LogP contribution is -2.33. The molecule has 228 valence electrons. The van der Waals surface area contributed by atoms with Crippen LogP contribution < -0.4 is 9.80 Å². The van der Waals surface area contributed by atoms with Crippen LogP contribution in [0.2, 0.25) is 0 Å². The van der Waals surface area contributed by atoms with Crippen LogP contribution in [-0.4, -0.2) is 0 Å². The first-order valence-corrected chi connectivity index (χ1v) is 16.8. The van der Waals surface area contributed by atoms with Gasteiger partial charge in [-0.1, -0.05) is 134 Å². The third kappa shape index (κ3) is 4.78. The van der Waals surface area contributed by atoms with E-state index in [1.165, 1.54) is 71.5 Å². The number of benzene rings is 6. The van der Waals surface area contributed by atoms with Crippen LogP contribution in [-0.2, 0) is 0 Å². The van der Waals surface area contributed by atoms with Crippen molar-refractivity contribution in [2.45, 2.75) is 85.2 Å². The van der Waals surface area contributed by atoms with Crippen molar-refractivity contribution in [3.8, 4) is 0 Å². The molecule has 0 saturated heterocycles. The highest BCUT2D eigenvalue weighted by Crippen LogP contribution is 2.49. The minimum absolute atomic E-state index is 0.0262. The van der Waals surface area contributed by atoms with E-state index >= 15 is 0 Å². The zero-order valence-electron chi connectivity index (χ0n) is 28.1. The SMILES string of the molecule is CC(C)c1cccc(C(C)C)c1N1C=CN(c2c(C(C)C)cccc2C(C)C)C1c1cc2ccc3cccc4ccc(c1)c2c34. The molecule has 0 atom stereocenters. The molecule has 1 aliphatic heterocycles. The van der Waals surface area contributed by atoms with Gasteiger partial charge < -0.3 is 9.80 Å². The average Bonchev–Trinajstić information content (AvgIpc) is 3.47. The lowest BCUT2D eigenvalue weighted by Gasteiger charge is -2.38. The van der Waals surface area contributed by atoms with Crippen LogP contribution in [0.15, 0.2) is 103 Å². The van der Waals surface area contributed by atoms with Crippen molar-refractivity contribution in [1.29, 1.82) is 0 Å². The fraction of sp³-hybridized carbons (Fsp3) is 0.302. The standard InChI is InChI=1S/C43H46N2/c1-26(2)35-14-10-15-36(27(3)4)41(35)44-22-23-45(42-37(28(5)6)16-11-17-38(42)29(7)8)43(44)34-24-32-20-18-30-12-9-13-31-19-21-33(25-34)40(32)39(30)31/h9-29,43H,1-8H3. The Labute approximate surface area is 269 Å². The zero-order chi connectivity index (χ0) is 31.6. The van der Waals surface area contributed by atoms with Crippen LogP contribution in [0.1, 0.15) is 113 Å². The van der Waals surface area contributed by atoms with Gasteiger partial charge in [0.05, 0.1) is 0 Å². The van der Waals surface area contributed by atoms with Gasteiger partial charge in [-0.25, -0.2) is 0 Å². The molecule has 7 rings (SSSR count). The quantitative estimate of drug-likeness (QED) is 0.171. The number of anilines is 2. The Morgan fingerprint density at radius 2 is 0.756 bits per heavy atom. The molecule has 0 unspecified atom stereocenters. The second kappa shape index (κ2) is 11.2. The molecule has 2 heteroatoms. The number of nitrogens with zero attached hydrogens (tertiary/aromatic N) is 2. The van der Waals surface area contributed by atoms with Gasteiger partial charge in [0.25, 0.3) is 0 Å². The first kappa shape index (κ1) is 29.4. The number of rotatable bonds is 7. The molecule has 0 amide bonds. The van der Waals surface area contributed by atoms with E-state index in [1.807, 2.05) is 0 Å². The van der Waals surface area contributed by atoms with E-state index in [0.717, 1.165) is 0 Å². The number of para-hydroxylation sites is 2. The van der Waals surface area contributed by atoms with Gasteiger partial charge in [-0.05, 0) is 95.9 Å². The molecule has 6 aromatic carbocycles. The third-order valence-electron chi connectivity index (χ3n) is 9.90. The highest BCUT2D eigenvalue weighted by molar-refractivity contribution is 6.23. The van der Waals surface area contributed by atoms with Crippen molar-refractivity contribution in [2.75, 3.05) is 9.80 Å². The Bertz CT molecular complexity index is 1850. The van der Waals surface area contributed by atoms with Crippen LogP contribution in [0.5, 0.6) is 0 Å². The van der Waals surface area contributed by atoms with Crippen molar-refractivity contribution >= 4 is 43.7 Å². The molecular weight excluding hydrogens is 544 g/mol. The van der Waals surface area contributed by atoms with Crippen LogP contribution in [0.3, 0.4) is 0 Å². The van der Waals surface area contributed by atoms with E-state index < -0.39 is 0 Å². The van der Waals surface area contributed by atoms with E-state index in [0.29, 0.717) is 23.7 Å². The van der Waals surface area contributed by atoms with Gasteiger partial charge in [0, 0.05) is 23.8 Å². The molecule has 45 heavy (non-hydrogen) atoms. The van der Waals surface area contributed by atoms with Crippen molar-refractivity contribution in [1.82, 2.24) is 0 Å². The molecule has 0 N–H and O–H groups in total. The summed E-state index contributed by atoms with van der Waals surface area (Å²) in [6, 6.07) is 34.7. The second-order valence-corrected chi connectivity index (χ2v) is 14.2. The number of hydrogen-bond acceptors (Lipinski definition) is 2. The van der Waals surface area contributed by atoms with Crippen LogP contribution in [0.25, 0.3) is 32.3 Å². The molecule has 0 aromatic heterocycles. The maximum Gasteiger partial charge on any atom is 0.136 e. The molecule has 0 fully saturated rings. The van der Waals surface area contributed by atoms with Gasteiger partial charge in [0.15, 0.2) is 0 Å². The maximum absolute atomic E-state index is 2.58. The minimum atomic E-state index is -0.0262. The molecule has 0 bridgehead atoms. The largest absolute Gasteiger partial charge is 0.321 e. The fourth-order valence-electron chi connectivity index (χ4n) is 7.70. The van der Waals surface area contributed by atoms with E-state index in [-0.39, 0.29) is 6.17 Å². The Hall–Kier alpha value is -4.30. The predicted molar refractivity (Wildman–Crippen MR) is 196 cm³/mol. The van der Waals surface area contributed by atoms with Gasteiger partial charge >= 0.3 is 0 Å². The Kier molecular flexibility index (Phi) is 7.35. The summed E-state index contributed by atoms with van der Waals surface area (Å²) in [6.07, 6.45) is 4.67. The molecular formula is C43H46N2. The van der Waals surface area contributed by atoms with Gasteiger partial charge in [0.2, 0.25) is 0 Å². The van der Waals surface area contributed by atoms with Crippen LogP contribution >= 0.6 is 0 Å². The van der Waals surface area contributed by atoms with E-state index in [1.54, 1.807) is 0 Å². The summed E-state index contributed by atoms with van der Waals surface area (Å²) in [5.74, 6) is 1.62. The lowest BCUT2D eigenvalue weighted by atomic mass is 9.89. The summed E-state index contributed by atoms with van der Waals surface area (Å²) in [6.45, 7) is 18.6. The average molecular weight is 591 g/mol. The van der Waals surface area contributed by atoms with Gasteiger partial charge in [-0.3, -0.25) is 0 Å². The molecule has 1 heterocycles.